The highest BCUT2D eigenvalue weighted by Crippen LogP contribution is 2.20. The Kier molecular flexibility index (Phi) is 5.11. The van der Waals surface area contributed by atoms with Crippen LogP contribution in [0.25, 0.3) is 0 Å². The number of nitrogens with one attached hydrogen (secondary N) is 1. The fourth-order valence-corrected chi connectivity index (χ4v) is 2.12. The van der Waals surface area contributed by atoms with E-state index in [-0.39, 0.29) is 11.6 Å². The van der Waals surface area contributed by atoms with Gasteiger partial charge in [0.15, 0.2) is 0 Å². The van der Waals surface area contributed by atoms with Crippen LogP contribution in [-0.2, 0) is 0 Å². The molecular weight excluding hydrogens is 312 g/mol. The number of aliphatic hydroxyl groups is 1. The normalized spacial score (nSPS) is 12.0. The zero-order chi connectivity index (χ0) is 16.3. The van der Waals surface area contributed by atoms with Crippen LogP contribution in [-0.4, -0.2) is 17.6 Å². The molecule has 0 saturated carbocycles. The van der Waals surface area contributed by atoms with Crippen molar-refractivity contribution >= 4 is 17.5 Å². The molecule has 6 heteroatoms. The molecule has 0 saturated heterocycles. The number of amides is 1. The first-order valence-corrected chi connectivity index (χ1v) is 6.93. The van der Waals surface area contributed by atoms with Crippen LogP contribution in [0.1, 0.15) is 27.6 Å². The molecule has 2 N–H and O–H groups in total. The Morgan fingerprint density at radius 1 is 1.27 bits per heavy atom. The Morgan fingerprint density at radius 2 is 2.00 bits per heavy atom. The van der Waals surface area contributed by atoms with E-state index in [0.29, 0.717) is 16.7 Å². The molecule has 0 aliphatic rings. The summed E-state index contributed by atoms with van der Waals surface area (Å²) in [5, 5.41) is 12.4. The van der Waals surface area contributed by atoms with Gasteiger partial charge >= 0.3 is 0 Å². The van der Waals surface area contributed by atoms with Crippen molar-refractivity contribution in [2.45, 2.75) is 13.0 Å². The molecule has 0 fully saturated rings. The van der Waals surface area contributed by atoms with E-state index in [9.17, 15) is 18.7 Å². The van der Waals surface area contributed by atoms with Gasteiger partial charge < -0.3 is 10.4 Å². The standard InChI is InChI=1S/C16H14ClF2NO2/c1-9-6-11(18)3-4-12(9)16(22)20-8-15(21)10-2-5-13(17)14(19)7-10/h2-7,15,21H,8H2,1H3,(H,20,22). The number of rotatable bonds is 4. The summed E-state index contributed by atoms with van der Waals surface area (Å²) in [6, 6.07) is 7.73. The summed E-state index contributed by atoms with van der Waals surface area (Å²) in [7, 11) is 0. The summed E-state index contributed by atoms with van der Waals surface area (Å²) in [6.07, 6.45) is -1.07. The van der Waals surface area contributed by atoms with Gasteiger partial charge in [-0.2, -0.15) is 0 Å². The monoisotopic (exact) mass is 325 g/mol. The number of aliphatic hydroxyl groups excluding tert-OH is 1. The number of hydrogen-bond acceptors (Lipinski definition) is 2. The van der Waals surface area contributed by atoms with Gasteiger partial charge in [-0.15, -0.1) is 0 Å². The van der Waals surface area contributed by atoms with E-state index in [2.05, 4.69) is 5.32 Å². The lowest BCUT2D eigenvalue weighted by atomic mass is 10.1. The van der Waals surface area contributed by atoms with E-state index in [1.54, 1.807) is 6.92 Å². The smallest absolute Gasteiger partial charge is 0.251 e. The molecule has 22 heavy (non-hydrogen) atoms. The highest BCUT2D eigenvalue weighted by atomic mass is 35.5. The first-order chi connectivity index (χ1) is 10.4. The van der Waals surface area contributed by atoms with E-state index in [4.69, 9.17) is 11.6 Å². The second-order valence-corrected chi connectivity index (χ2v) is 5.27. The van der Waals surface area contributed by atoms with Crippen molar-refractivity contribution in [3.8, 4) is 0 Å². The summed E-state index contributed by atoms with van der Waals surface area (Å²) >= 11 is 5.57. The van der Waals surface area contributed by atoms with Crippen LogP contribution in [0.15, 0.2) is 36.4 Å². The zero-order valence-electron chi connectivity index (χ0n) is 11.7. The number of carbonyl (C=O) groups excluding carboxylic acids is 1. The van der Waals surface area contributed by atoms with Gasteiger partial charge in [0.05, 0.1) is 11.1 Å². The lowest BCUT2D eigenvalue weighted by molar-refractivity contribution is 0.0915. The number of aryl methyl sites for hydroxylation is 1. The van der Waals surface area contributed by atoms with Gasteiger partial charge in [-0.05, 0) is 48.4 Å². The van der Waals surface area contributed by atoms with E-state index >= 15 is 0 Å². The molecule has 0 bridgehead atoms. The summed E-state index contributed by atoms with van der Waals surface area (Å²) < 4.78 is 26.3. The molecule has 2 rings (SSSR count). The second-order valence-electron chi connectivity index (χ2n) is 4.86. The molecule has 2 aromatic rings. The molecule has 0 heterocycles. The predicted molar refractivity (Wildman–Crippen MR) is 79.8 cm³/mol. The summed E-state index contributed by atoms with van der Waals surface area (Å²) in [4.78, 5) is 12.0. The van der Waals surface area contributed by atoms with Gasteiger partial charge in [-0.1, -0.05) is 17.7 Å². The maximum absolute atomic E-state index is 13.3. The lowest BCUT2D eigenvalue weighted by Gasteiger charge is -2.13. The van der Waals surface area contributed by atoms with E-state index in [1.165, 1.54) is 30.3 Å². The minimum absolute atomic E-state index is 0.0399. The van der Waals surface area contributed by atoms with Gasteiger partial charge in [0, 0.05) is 12.1 Å². The van der Waals surface area contributed by atoms with Gasteiger partial charge in [-0.3, -0.25) is 4.79 Å². The van der Waals surface area contributed by atoms with E-state index in [0.717, 1.165) is 6.07 Å². The van der Waals surface area contributed by atoms with Gasteiger partial charge in [-0.25, -0.2) is 8.78 Å². The first kappa shape index (κ1) is 16.4. The third-order valence-electron chi connectivity index (χ3n) is 3.22. The van der Waals surface area contributed by atoms with Crippen molar-refractivity contribution in [1.82, 2.24) is 5.32 Å². The van der Waals surface area contributed by atoms with Crippen LogP contribution in [0.3, 0.4) is 0 Å². The zero-order valence-corrected chi connectivity index (χ0v) is 12.5. The molecule has 0 spiro atoms. The molecule has 1 unspecified atom stereocenters. The fourth-order valence-electron chi connectivity index (χ4n) is 2.00. The number of hydrogen-bond donors (Lipinski definition) is 2. The molecule has 0 aliphatic carbocycles. The summed E-state index contributed by atoms with van der Waals surface area (Å²) in [5.74, 6) is -1.50. The Hall–Kier alpha value is -1.98. The average molecular weight is 326 g/mol. The summed E-state index contributed by atoms with van der Waals surface area (Å²) in [6.45, 7) is 1.51. The van der Waals surface area contributed by atoms with Crippen LogP contribution in [0.5, 0.6) is 0 Å². The molecule has 1 atom stereocenters. The SMILES string of the molecule is Cc1cc(F)ccc1C(=O)NCC(O)c1ccc(Cl)c(F)c1. The topological polar surface area (TPSA) is 49.3 Å². The van der Waals surface area contributed by atoms with Crippen molar-refractivity contribution in [3.63, 3.8) is 0 Å². The van der Waals surface area contributed by atoms with Crippen molar-refractivity contribution < 1.29 is 18.7 Å². The fraction of sp³-hybridized carbons (Fsp3) is 0.188. The van der Waals surface area contributed by atoms with Crippen molar-refractivity contribution in [2.75, 3.05) is 6.54 Å². The summed E-state index contributed by atoms with van der Waals surface area (Å²) in [5.41, 5.74) is 1.11. The maximum Gasteiger partial charge on any atom is 0.251 e. The van der Waals surface area contributed by atoms with Gasteiger partial charge in [0.2, 0.25) is 0 Å². The van der Waals surface area contributed by atoms with Gasteiger partial charge in [0.1, 0.15) is 11.6 Å². The van der Waals surface area contributed by atoms with Crippen LogP contribution < -0.4 is 5.32 Å². The van der Waals surface area contributed by atoms with Crippen LogP contribution >= 0.6 is 11.6 Å². The van der Waals surface area contributed by atoms with E-state index < -0.39 is 23.6 Å². The molecule has 3 nitrogen and oxygen atoms in total. The molecule has 0 aliphatic heterocycles. The molecule has 0 radical (unpaired) electrons. The maximum atomic E-state index is 13.3. The Morgan fingerprint density at radius 3 is 2.64 bits per heavy atom. The number of halogens is 3. The molecule has 116 valence electrons. The van der Waals surface area contributed by atoms with Gasteiger partial charge in [0.25, 0.3) is 5.91 Å². The highest BCUT2D eigenvalue weighted by molar-refractivity contribution is 6.30. The van der Waals surface area contributed by atoms with Crippen LogP contribution in [0, 0.1) is 18.6 Å². The largest absolute Gasteiger partial charge is 0.387 e. The second kappa shape index (κ2) is 6.85. The Bertz CT molecular complexity index is 707. The average Bonchev–Trinajstić information content (AvgIpc) is 2.47. The molecule has 0 aromatic heterocycles. The highest BCUT2D eigenvalue weighted by Gasteiger charge is 2.14. The first-order valence-electron chi connectivity index (χ1n) is 6.56. The Labute approximate surface area is 131 Å². The molecule has 1 amide bonds. The number of carbonyl (C=O) groups is 1. The lowest BCUT2D eigenvalue weighted by Crippen LogP contribution is -2.29. The number of benzene rings is 2. The van der Waals surface area contributed by atoms with Crippen molar-refractivity contribution in [2.24, 2.45) is 0 Å². The third-order valence-corrected chi connectivity index (χ3v) is 3.52. The molecular formula is C16H14ClF2NO2. The predicted octanol–water partition coefficient (Wildman–Crippen LogP) is 3.39. The molecule has 2 aromatic carbocycles. The van der Waals surface area contributed by atoms with Crippen LogP contribution in [0.4, 0.5) is 8.78 Å². The third kappa shape index (κ3) is 3.81. The van der Waals surface area contributed by atoms with E-state index in [1.807, 2.05) is 0 Å². The van der Waals surface area contributed by atoms with Crippen molar-refractivity contribution in [3.05, 3.63) is 69.7 Å². The minimum atomic E-state index is -1.07. The quantitative estimate of drug-likeness (QED) is 0.905. The minimum Gasteiger partial charge on any atom is -0.387 e. The van der Waals surface area contributed by atoms with Crippen LogP contribution in [0.2, 0.25) is 5.02 Å². The Balaban J connectivity index is 2.02. The van der Waals surface area contributed by atoms with Crippen molar-refractivity contribution in [1.29, 1.82) is 0 Å².